The van der Waals surface area contributed by atoms with Crippen molar-refractivity contribution >= 4 is 22.4 Å². The van der Waals surface area contributed by atoms with Gasteiger partial charge in [0.25, 0.3) is 0 Å². The molecule has 0 unspecified atom stereocenters. The fraction of sp³-hybridized carbons (Fsp3) is 0.333. The molecule has 3 heteroatoms. The van der Waals surface area contributed by atoms with Crippen LogP contribution in [0.25, 0.3) is 10.8 Å². The van der Waals surface area contributed by atoms with E-state index in [9.17, 15) is 5.11 Å². The number of benzene rings is 2. The Hall–Kier alpha value is -1.25. The Morgan fingerprint density at radius 3 is 2.67 bits per heavy atom. The Morgan fingerprint density at radius 1 is 1.22 bits per heavy atom. The summed E-state index contributed by atoms with van der Waals surface area (Å²) in [4.78, 5) is 0. The van der Waals surface area contributed by atoms with Gasteiger partial charge in [0, 0.05) is 11.4 Å². The summed E-state index contributed by atoms with van der Waals surface area (Å²) in [6.07, 6.45) is 2.41. The molecule has 0 aromatic heterocycles. The van der Waals surface area contributed by atoms with Crippen molar-refractivity contribution in [3.8, 4) is 5.75 Å². The van der Waals surface area contributed by atoms with E-state index in [1.54, 1.807) is 7.11 Å². The maximum Gasteiger partial charge on any atom is 0.122 e. The molecule has 3 rings (SSSR count). The molecular formula is C15H15ClO2. The highest BCUT2D eigenvalue weighted by atomic mass is 35.5. The molecule has 1 aliphatic rings. The average Bonchev–Trinajstić information content (AvgIpc) is 3.06. The van der Waals surface area contributed by atoms with Gasteiger partial charge in [-0.1, -0.05) is 17.7 Å². The highest BCUT2D eigenvalue weighted by Crippen LogP contribution is 2.41. The molecule has 0 amide bonds. The van der Waals surface area contributed by atoms with Crippen LogP contribution in [0.2, 0.25) is 5.02 Å². The van der Waals surface area contributed by atoms with Crippen LogP contribution in [0.5, 0.6) is 5.75 Å². The van der Waals surface area contributed by atoms with E-state index in [0.717, 1.165) is 39.9 Å². The second-order valence-corrected chi connectivity index (χ2v) is 5.49. The van der Waals surface area contributed by atoms with Crippen molar-refractivity contribution in [3.05, 3.63) is 40.9 Å². The molecule has 0 radical (unpaired) electrons. The Kier molecular flexibility index (Phi) is 2.72. The lowest BCUT2D eigenvalue weighted by atomic mass is 10.0. The van der Waals surface area contributed by atoms with E-state index < -0.39 is 5.60 Å². The number of hydrogen-bond acceptors (Lipinski definition) is 2. The van der Waals surface area contributed by atoms with Crippen LogP contribution in [0, 0.1) is 0 Å². The number of fused-ring (bicyclic) bond motifs is 1. The van der Waals surface area contributed by atoms with Crippen LogP contribution >= 0.6 is 11.6 Å². The molecule has 18 heavy (non-hydrogen) atoms. The minimum Gasteiger partial charge on any atom is -0.496 e. The van der Waals surface area contributed by atoms with Crippen molar-refractivity contribution in [2.75, 3.05) is 7.11 Å². The third-order valence-electron chi connectivity index (χ3n) is 3.55. The van der Waals surface area contributed by atoms with Crippen LogP contribution in [-0.4, -0.2) is 17.8 Å². The van der Waals surface area contributed by atoms with E-state index in [2.05, 4.69) is 6.07 Å². The quantitative estimate of drug-likeness (QED) is 0.916. The van der Waals surface area contributed by atoms with Crippen molar-refractivity contribution in [1.29, 1.82) is 0 Å². The second-order valence-electron chi connectivity index (χ2n) is 5.06. The summed E-state index contributed by atoms with van der Waals surface area (Å²) < 4.78 is 5.41. The molecule has 94 valence electrons. The largest absolute Gasteiger partial charge is 0.496 e. The van der Waals surface area contributed by atoms with Gasteiger partial charge in [0.1, 0.15) is 5.75 Å². The number of methoxy groups -OCH3 is 1. The van der Waals surface area contributed by atoms with Crippen molar-refractivity contribution < 1.29 is 9.84 Å². The van der Waals surface area contributed by atoms with Gasteiger partial charge in [0.05, 0.1) is 12.7 Å². The van der Waals surface area contributed by atoms with Gasteiger partial charge in [-0.15, -0.1) is 0 Å². The van der Waals surface area contributed by atoms with Crippen molar-refractivity contribution in [1.82, 2.24) is 0 Å². The van der Waals surface area contributed by atoms with E-state index in [1.807, 2.05) is 24.3 Å². The van der Waals surface area contributed by atoms with Crippen LogP contribution < -0.4 is 4.74 Å². The Bertz CT molecular complexity index is 603. The maximum atomic E-state index is 10.0. The SMILES string of the molecule is COc1cc2ccc(Cl)cc2cc1CC1(O)CC1. The molecule has 0 heterocycles. The fourth-order valence-corrected chi connectivity index (χ4v) is 2.48. The predicted molar refractivity (Wildman–Crippen MR) is 73.4 cm³/mol. The first-order valence-electron chi connectivity index (χ1n) is 6.08. The molecule has 0 spiro atoms. The first-order chi connectivity index (χ1) is 8.59. The molecule has 1 saturated carbocycles. The van der Waals surface area contributed by atoms with Crippen LogP contribution in [0.4, 0.5) is 0 Å². The van der Waals surface area contributed by atoms with E-state index in [4.69, 9.17) is 16.3 Å². The topological polar surface area (TPSA) is 29.5 Å². The summed E-state index contributed by atoms with van der Waals surface area (Å²) in [6.45, 7) is 0. The van der Waals surface area contributed by atoms with E-state index in [-0.39, 0.29) is 0 Å². The van der Waals surface area contributed by atoms with Crippen LogP contribution in [0.3, 0.4) is 0 Å². The Balaban J connectivity index is 2.10. The van der Waals surface area contributed by atoms with Gasteiger partial charge in [0.15, 0.2) is 0 Å². The zero-order valence-electron chi connectivity index (χ0n) is 10.2. The number of halogens is 1. The molecule has 2 aromatic rings. The average molecular weight is 263 g/mol. The molecule has 1 fully saturated rings. The molecule has 0 aliphatic heterocycles. The van der Waals surface area contributed by atoms with Crippen molar-refractivity contribution in [3.63, 3.8) is 0 Å². The maximum absolute atomic E-state index is 10.0. The van der Waals surface area contributed by atoms with Crippen molar-refractivity contribution in [2.45, 2.75) is 24.9 Å². The molecule has 2 nitrogen and oxygen atoms in total. The smallest absolute Gasteiger partial charge is 0.122 e. The first kappa shape index (κ1) is 11.8. The van der Waals surface area contributed by atoms with Crippen LogP contribution in [-0.2, 0) is 6.42 Å². The predicted octanol–water partition coefficient (Wildman–Crippen LogP) is 3.57. The lowest BCUT2D eigenvalue weighted by molar-refractivity contribution is 0.150. The molecule has 0 bridgehead atoms. The van der Waals surface area contributed by atoms with Crippen LogP contribution in [0.15, 0.2) is 30.3 Å². The Morgan fingerprint density at radius 2 is 2.00 bits per heavy atom. The number of aliphatic hydroxyl groups is 1. The number of ether oxygens (including phenoxy) is 1. The molecule has 1 N–H and O–H groups in total. The minimum absolute atomic E-state index is 0.514. The van der Waals surface area contributed by atoms with Gasteiger partial charge in [-0.2, -0.15) is 0 Å². The highest BCUT2D eigenvalue weighted by Gasteiger charge is 2.40. The van der Waals surface area contributed by atoms with Gasteiger partial charge in [0.2, 0.25) is 0 Å². The standard InChI is InChI=1S/C15H15ClO2/c1-18-14-8-10-2-3-13(16)7-11(10)6-12(14)9-15(17)4-5-15/h2-3,6-8,17H,4-5,9H2,1H3. The van der Waals surface area contributed by atoms with Crippen LogP contribution in [0.1, 0.15) is 18.4 Å². The zero-order valence-corrected chi connectivity index (χ0v) is 11.0. The summed E-state index contributed by atoms with van der Waals surface area (Å²) in [5.41, 5.74) is 0.534. The van der Waals surface area contributed by atoms with E-state index in [1.165, 1.54) is 0 Å². The molecular weight excluding hydrogens is 248 g/mol. The monoisotopic (exact) mass is 262 g/mol. The summed E-state index contributed by atoms with van der Waals surface area (Å²) >= 11 is 6.01. The first-order valence-corrected chi connectivity index (χ1v) is 6.46. The van der Waals surface area contributed by atoms with Crippen molar-refractivity contribution in [2.24, 2.45) is 0 Å². The summed E-state index contributed by atoms with van der Waals surface area (Å²) in [5, 5.41) is 13.0. The Labute approximate surface area is 111 Å². The highest BCUT2D eigenvalue weighted by molar-refractivity contribution is 6.31. The third kappa shape index (κ3) is 2.18. The summed E-state index contributed by atoms with van der Waals surface area (Å²) in [5.74, 6) is 0.838. The van der Waals surface area contributed by atoms with Gasteiger partial charge in [-0.3, -0.25) is 0 Å². The van der Waals surface area contributed by atoms with E-state index >= 15 is 0 Å². The molecule has 2 aromatic carbocycles. The van der Waals surface area contributed by atoms with Gasteiger partial charge in [-0.25, -0.2) is 0 Å². The third-order valence-corrected chi connectivity index (χ3v) is 3.78. The fourth-order valence-electron chi connectivity index (χ4n) is 2.30. The molecule has 0 atom stereocenters. The normalized spacial score (nSPS) is 16.8. The lowest BCUT2D eigenvalue weighted by Crippen LogP contribution is -2.11. The summed E-state index contributed by atoms with van der Waals surface area (Å²) in [7, 11) is 1.66. The van der Waals surface area contributed by atoms with E-state index in [0.29, 0.717) is 6.42 Å². The number of rotatable bonds is 3. The second kappa shape index (κ2) is 4.15. The minimum atomic E-state index is -0.514. The lowest BCUT2D eigenvalue weighted by Gasteiger charge is -2.13. The molecule has 0 saturated heterocycles. The van der Waals surface area contributed by atoms with Gasteiger partial charge in [-0.05, 0) is 53.4 Å². The van der Waals surface area contributed by atoms with Gasteiger partial charge >= 0.3 is 0 Å². The zero-order chi connectivity index (χ0) is 12.8. The number of hydrogen-bond donors (Lipinski definition) is 1. The van der Waals surface area contributed by atoms with Gasteiger partial charge < -0.3 is 9.84 Å². The summed E-state index contributed by atoms with van der Waals surface area (Å²) in [6, 6.07) is 9.87. The molecule has 1 aliphatic carbocycles.